The lowest BCUT2D eigenvalue weighted by Gasteiger charge is -2.21. The Hall–Kier alpha value is -0.770. The summed E-state index contributed by atoms with van der Waals surface area (Å²) >= 11 is 3.41. The largest absolute Gasteiger partial charge is 0.364 e. The lowest BCUT2D eigenvalue weighted by atomic mass is 10.1. The number of halogens is 1. The van der Waals surface area contributed by atoms with Gasteiger partial charge in [0.15, 0.2) is 0 Å². The van der Waals surface area contributed by atoms with Crippen molar-refractivity contribution in [1.29, 1.82) is 0 Å². The van der Waals surface area contributed by atoms with Gasteiger partial charge >= 0.3 is 0 Å². The molecule has 1 heterocycles. The van der Waals surface area contributed by atoms with Gasteiger partial charge in [-0.2, -0.15) is 0 Å². The molecular weight excluding hydrogens is 256 g/mol. The van der Waals surface area contributed by atoms with Crippen LogP contribution in [-0.2, 0) is 11.3 Å². The molecule has 1 unspecified atom stereocenters. The summed E-state index contributed by atoms with van der Waals surface area (Å²) in [6.45, 7) is 4.68. The van der Waals surface area contributed by atoms with Gasteiger partial charge in [0.1, 0.15) is 0 Å². The topological polar surface area (TPSA) is 36.1 Å². The summed E-state index contributed by atoms with van der Waals surface area (Å²) < 4.78 is 0. The molecule has 1 aromatic rings. The van der Waals surface area contributed by atoms with Crippen molar-refractivity contribution in [2.24, 2.45) is 5.92 Å². The third kappa shape index (κ3) is 3.38. The third-order valence-electron chi connectivity index (χ3n) is 2.27. The molecule has 0 aliphatic carbocycles. The van der Waals surface area contributed by atoms with E-state index in [1.165, 1.54) is 0 Å². The Labute approximate surface area is 99.0 Å². The van der Waals surface area contributed by atoms with E-state index in [2.05, 4.69) is 20.9 Å². The SMILES string of the molecule is CC(C)C(Br)C(=O)N(C)Cc1ccc[nH]1. The molecule has 15 heavy (non-hydrogen) atoms. The van der Waals surface area contributed by atoms with Gasteiger partial charge in [-0.05, 0) is 18.1 Å². The molecule has 1 atom stereocenters. The molecule has 1 aromatic heterocycles. The first-order chi connectivity index (χ1) is 7.02. The zero-order valence-electron chi connectivity index (χ0n) is 9.33. The van der Waals surface area contributed by atoms with Crippen LogP contribution in [0.5, 0.6) is 0 Å². The fourth-order valence-corrected chi connectivity index (χ4v) is 1.64. The molecule has 0 aliphatic heterocycles. The Morgan fingerprint density at radius 1 is 1.60 bits per heavy atom. The zero-order valence-corrected chi connectivity index (χ0v) is 10.9. The Morgan fingerprint density at radius 3 is 2.73 bits per heavy atom. The molecule has 84 valence electrons. The van der Waals surface area contributed by atoms with Crippen molar-refractivity contribution in [2.45, 2.75) is 25.2 Å². The van der Waals surface area contributed by atoms with Crippen LogP contribution in [0.25, 0.3) is 0 Å². The van der Waals surface area contributed by atoms with E-state index in [9.17, 15) is 4.79 Å². The average molecular weight is 273 g/mol. The molecule has 1 amide bonds. The number of carbonyl (C=O) groups is 1. The number of hydrogen-bond donors (Lipinski definition) is 1. The van der Waals surface area contributed by atoms with Crippen LogP contribution in [0.3, 0.4) is 0 Å². The summed E-state index contributed by atoms with van der Waals surface area (Å²) in [5, 5.41) is 0. The summed E-state index contributed by atoms with van der Waals surface area (Å²) in [7, 11) is 1.82. The highest BCUT2D eigenvalue weighted by Gasteiger charge is 2.22. The zero-order chi connectivity index (χ0) is 11.4. The highest BCUT2D eigenvalue weighted by Crippen LogP contribution is 2.15. The first-order valence-electron chi connectivity index (χ1n) is 5.03. The highest BCUT2D eigenvalue weighted by molar-refractivity contribution is 9.10. The monoisotopic (exact) mass is 272 g/mol. The van der Waals surface area contributed by atoms with Gasteiger partial charge in [0.2, 0.25) is 5.91 Å². The molecule has 4 heteroatoms. The quantitative estimate of drug-likeness (QED) is 0.840. The second kappa shape index (κ2) is 5.35. The molecule has 0 aliphatic rings. The van der Waals surface area contributed by atoms with Crippen molar-refractivity contribution in [2.75, 3.05) is 7.05 Å². The molecule has 3 nitrogen and oxygen atoms in total. The second-order valence-electron chi connectivity index (χ2n) is 4.04. The maximum absolute atomic E-state index is 11.9. The molecule has 1 rings (SSSR count). The van der Waals surface area contributed by atoms with Crippen LogP contribution < -0.4 is 0 Å². The Bertz CT molecular complexity index is 308. The second-order valence-corrected chi connectivity index (χ2v) is 5.02. The van der Waals surface area contributed by atoms with Gasteiger partial charge in [0.05, 0.1) is 11.4 Å². The standard InChI is InChI=1S/C11H17BrN2O/c1-8(2)10(12)11(15)14(3)7-9-5-4-6-13-9/h4-6,8,10,13H,7H2,1-3H3. The van der Waals surface area contributed by atoms with Gasteiger partial charge in [0, 0.05) is 18.9 Å². The van der Waals surface area contributed by atoms with Gasteiger partial charge in [-0.25, -0.2) is 0 Å². The summed E-state index contributed by atoms with van der Waals surface area (Å²) in [6, 6.07) is 3.91. The van der Waals surface area contributed by atoms with Crippen LogP contribution in [-0.4, -0.2) is 27.7 Å². The smallest absolute Gasteiger partial charge is 0.236 e. The average Bonchev–Trinajstić information content (AvgIpc) is 2.67. The third-order valence-corrected chi connectivity index (χ3v) is 3.72. The van der Waals surface area contributed by atoms with Gasteiger partial charge in [-0.15, -0.1) is 0 Å². The van der Waals surface area contributed by atoms with Gasteiger partial charge in [-0.1, -0.05) is 29.8 Å². The van der Waals surface area contributed by atoms with Gasteiger partial charge in [-0.3, -0.25) is 4.79 Å². The predicted octanol–water partition coefficient (Wildman–Crippen LogP) is 2.39. The van der Waals surface area contributed by atoms with Crippen molar-refractivity contribution < 1.29 is 4.79 Å². The minimum absolute atomic E-state index is 0.0996. The van der Waals surface area contributed by atoms with E-state index in [0.717, 1.165) is 5.69 Å². The van der Waals surface area contributed by atoms with E-state index in [1.807, 2.05) is 39.2 Å². The minimum atomic E-state index is -0.0996. The fourth-order valence-electron chi connectivity index (χ4n) is 1.30. The van der Waals surface area contributed by atoms with Gasteiger partial charge < -0.3 is 9.88 Å². The number of carbonyl (C=O) groups excluding carboxylic acids is 1. The van der Waals surface area contributed by atoms with Crippen LogP contribution in [0.2, 0.25) is 0 Å². The number of alkyl halides is 1. The lowest BCUT2D eigenvalue weighted by molar-refractivity contribution is -0.130. The molecule has 1 N–H and O–H groups in total. The molecule has 0 saturated heterocycles. The number of hydrogen-bond acceptors (Lipinski definition) is 1. The summed E-state index contributed by atoms with van der Waals surface area (Å²) in [6.07, 6.45) is 1.86. The number of nitrogens with zero attached hydrogens (tertiary/aromatic N) is 1. The number of amides is 1. The number of rotatable bonds is 4. The molecule has 0 saturated carbocycles. The van der Waals surface area contributed by atoms with Crippen molar-refractivity contribution in [1.82, 2.24) is 9.88 Å². The number of H-pyrrole nitrogens is 1. The van der Waals surface area contributed by atoms with Crippen LogP contribution in [0.15, 0.2) is 18.3 Å². The van der Waals surface area contributed by atoms with Crippen LogP contribution in [0.4, 0.5) is 0 Å². The van der Waals surface area contributed by atoms with Crippen molar-refractivity contribution in [3.05, 3.63) is 24.0 Å². The van der Waals surface area contributed by atoms with Gasteiger partial charge in [0.25, 0.3) is 0 Å². The summed E-state index contributed by atoms with van der Waals surface area (Å²) in [5.41, 5.74) is 1.05. The van der Waals surface area contributed by atoms with E-state index in [-0.39, 0.29) is 10.7 Å². The molecular formula is C11H17BrN2O. The van der Waals surface area contributed by atoms with Crippen LogP contribution in [0.1, 0.15) is 19.5 Å². The fraction of sp³-hybridized carbons (Fsp3) is 0.545. The number of nitrogens with one attached hydrogen (secondary N) is 1. The maximum atomic E-state index is 11.9. The molecule has 0 radical (unpaired) electrons. The van der Waals surface area contributed by atoms with Crippen molar-refractivity contribution >= 4 is 21.8 Å². The van der Waals surface area contributed by atoms with Crippen molar-refractivity contribution in [3.63, 3.8) is 0 Å². The van der Waals surface area contributed by atoms with E-state index in [0.29, 0.717) is 12.5 Å². The molecule has 0 bridgehead atoms. The Balaban J connectivity index is 2.54. The van der Waals surface area contributed by atoms with Crippen LogP contribution >= 0.6 is 15.9 Å². The lowest BCUT2D eigenvalue weighted by Crippen LogP contribution is -2.35. The summed E-state index contributed by atoms with van der Waals surface area (Å²) in [4.78, 5) is 16.6. The van der Waals surface area contributed by atoms with E-state index in [4.69, 9.17) is 0 Å². The predicted molar refractivity (Wildman–Crippen MR) is 64.8 cm³/mol. The normalized spacial score (nSPS) is 12.9. The van der Waals surface area contributed by atoms with Crippen molar-refractivity contribution in [3.8, 4) is 0 Å². The minimum Gasteiger partial charge on any atom is -0.364 e. The van der Waals surface area contributed by atoms with E-state index >= 15 is 0 Å². The Kier molecular flexibility index (Phi) is 4.39. The Morgan fingerprint density at radius 2 is 2.27 bits per heavy atom. The number of aromatic nitrogens is 1. The first kappa shape index (κ1) is 12.3. The van der Waals surface area contributed by atoms with E-state index in [1.54, 1.807) is 4.90 Å². The maximum Gasteiger partial charge on any atom is 0.236 e. The molecule has 0 aromatic carbocycles. The first-order valence-corrected chi connectivity index (χ1v) is 5.95. The molecule has 0 fully saturated rings. The summed E-state index contributed by atoms with van der Waals surface area (Å²) in [5.74, 6) is 0.434. The van der Waals surface area contributed by atoms with Crippen LogP contribution in [0, 0.1) is 5.92 Å². The number of aromatic amines is 1. The highest BCUT2D eigenvalue weighted by atomic mass is 79.9. The molecule has 0 spiro atoms. The van der Waals surface area contributed by atoms with E-state index < -0.39 is 0 Å².